The molecule has 364 valence electrons. The zero-order chi connectivity index (χ0) is 45.2. The van der Waals surface area contributed by atoms with Crippen molar-refractivity contribution in [2.75, 3.05) is 6.61 Å². The van der Waals surface area contributed by atoms with Gasteiger partial charge in [-0.1, -0.05) is 243 Å². The molecule has 0 aromatic carbocycles. The summed E-state index contributed by atoms with van der Waals surface area (Å²) in [7, 11) is 0. The van der Waals surface area contributed by atoms with Gasteiger partial charge in [0.25, 0.3) is 0 Å². The Morgan fingerprint density at radius 2 is 0.823 bits per heavy atom. The summed E-state index contributed by atoms with van der Waals surface area (Å²) < 4.78 is 5.92. The fourth-order valence-corrected chi connectivity index (χ4v) is 8.32. The van der Waals surface area contributed by atoms with Crippen molar-refractivity contribution in [3.05, 3.63) is 36.5 Å². The van der Waals surface area contributed by atoms with Crippen LogP contribution in [0.15, 0.2) is 36.5 Å². The van der Waals surface area contributed by atoms with Crippen LogP contribution in [0.1, 0.15) is 284 Å². The molecule has 6 nitrogen and oxygen atoms in total. The highest BCUT2D eigenvalue weighted by molar-refractivity contribution is 5.77. The number of amides is 1. The van der Waals surface area contributed by atoms with Crippen molar-refractivity contribution in [3.8, 4) is 0 Å². The molecular weight excluding hydrogens is 767 g/mol. The predicted octanol–water partition coefficient (Wildman–Crippen LogP) is 16.5. The van der Waals surface area contributed by atoms with Gasteiger partial charge in [-0.15, -0.1) is 0 Å². The van der Waals surface area contributed by atoms with Gasteiger partial charge in [-0.25, -0.2) is 0 Å². The zero-order valence-corrected chi connectivity index (χ0v) is 41.5. The highest BCUT2D eigenvalue weighted by Gasteiger charge is 2.24. The molecule has 0 aromatic rings. The molecule has 3 unspecified atom stereocenters. The Hall–Kier alpha value is -1.92. The Labute approximate surface area is 385 Å². The van der Waals surface area contributed by atoms with Crippen LogP contribution in [0.4, 0.5) is 0 Å². The molecule has 0 spiro atoms. The van der Waals surface area contributed by atoms with Crippen LogP contribution in [0.25, 0.3) is 0 Å². The van der Waals surface area contributed by atoms with Gasteiger partial charge in [-0.2, -0.15) is 0 Å². The Bertz CT molecular complexity index is 1020. The van der Waals surface area contributed by atoms with Gasteiger partial charge in [0, 0.05) is 6.42 Å². The van der Waals surface area contributed by atoms with E-state index in [0.29, 0.717) is 19.3 Å². The summed E-state index contributed by atoms with van der Waals surface area (Å²) in [5.74, 6) is -0.487. The molecule has 0 aliphatic carbocycles. The number of allylic oxidation sites excluding steroid dienone is 6. The molecule has 3 N–H and O–H groups in total. The van der Waals surface area contributed by atoms with Crippen LogP contribution >= 0.6 is 0 Å². The van der Waals surface area contributed by atoms with Crippen molar-refractivity contribution in [1.82, 2.24) is 5.32 Å². The largest absolute Gasteiger partial charge is 0.462 e. The molecule has 3 atom stereocenters. The lowest BCUT2D eigenvalue weighted by Gasteiger charge is -2.24. The van der Waals surface area contributed by atoms with Crippen molar-refractivity contribution in [2.24, 2.45) is 0 Å². The quantitative estimate of drug-likeness (QED) is 0.0321. The molecule has 0 rings (SSSR count). The van der Waals surface area contributed by atoms with E-state index in [1.807, 2.05) is 0 Å². The minimum Gasteiger partial charge on any atom is -0.462 e. The highest BCUT2D eigenvalue weighted by Crippen LogP contribution is 2.18. The molecule has 0 aliphatic heterocycles. The maximum atomic E-state index is 13.2. The lowest BCUT2D eigenvalue weighted by molar-refractivity contribution is -0.151. The minimum atomic E-state index is -0.791. The average Bonchev–Trinajstić information content (AvgIpc) is 3.26. The molecule has 0 bridgehead atoms. The average molecular weight is 872 g/mol. The maximum Gasteiger partial charge on any atom is 0.306 e. The van der Waals surface area contributed by atoms with Gasteiger partial charge in [0.05, 0.1) is 25.2 Å². The van der Waals surface area contributed by atoms with E-state index in [0.717, 1.165) is 77.0 Å². The van der Waals surface area contributed by atoms with Gasteiger partial charge in [-0.05, 0) is 64.2 Å². The summed E-state index contributed by atoms with van der Waals surface area (Å²) in [6.07, 6.45) is 59.2. The topological polar surface area (TPSA) is 95.9 Å². The molecule has 0 heterocycles. The van der Waals surface area contributed by atoms with Crippen LogP contribution in [0.3, 0.4) is 0 Å². The molecule has 62 heavy (non-hydrogen) atoms. The number of aliphatic hydroxyl groups excluding tert-OH is 2. The summed E-state index contributed by atoms with van der Waals surface area (Å²) in [5, 5.41) is 23.8. The van der Waals surface area contributed by atoms with E-state index in [1.54, 1.807) is 0 Å². The highest BCUT2D eigenvalue weighted by atomic mass is 16.5. The third-order valence-electron chi connectivity index (χ3n) is 12.5. The summed E-state index contributed by atoms with van der Waals surface area (Å²) in [6.45, 7) is 6.45. The fourth-order valence-electron chi connectivity index (χ4n) is 8.32. The molecule has 0 aliphatic rings. The number of carbonyl (C=O) groups is 2. The molecule has 1 amide bonds. The van der Waals surface area contributed by atoms with Crippen LogP contribution in [0.5, 0.6) is 0 Å². The van der Waals surface area contributed by atoms with Gasteiger partial charge < -0.3 is 20.3 Å². The van der Waals surface area contributed by atoms with E-state index < -0.39 is 18.2 Å². The Morgan fingerprint density at radius 3 is 1.27 bits per heavy atom. The molecule has 0 aromatic heterocycles. The number of aliphatic hydroxyl groups is 2. The van der Waals surface area contributed by atoms with Crippen molar-refractivity contribution < 1.29 is 24.5 Å². The number of ether oxygens (including phenoxy) is 1. The molecule has 0 radical (unpaired) electrons. The first-order valence-corrected chi connectivity index (χ1v) is 27.2. The van der Waals surface area contributed by atoms with Gasteiger partial charge in [0.15, 0.2) is 0 Å². The summed E-state index contributed by atoms with van der Waals surface area (Å²) in [4.78, 5) is 26.1. The van der Waals surface area contributed by atoms with E-state index in [9.17, 15) is 19.8 Å². The van der Waals surface area contributed by atoms with E-state index in [1.165, 1.54) is 161 Å². The van der Waals surface area contributed by atoms with Crippen molar-refractivity contribution in [2.45, 2.75) is 302 Å². The predicted molar refractivity (Wildman–Crippen MR) is 269 cm³/mol. The molecular formula is C56H105NO5. The summed E-state index contributed by atoms with van der Waals surface area (Å²) >= 11 is 0. The van der Waals surface area contributed by atoms with Crippen LogP contribution in [0, 0.1) is 0 Å². The van der Waals surface area contributed by atoms with Gasteiger partial charge in [-0.3, -0.25) is 9.59 Å². The normalized spacial score (nSPS) is 13.4. The van der Waals surface area contributed by atoms with Crippen LogP contribution < -0.4 is 5.32 Å². The molecule has 6 heteroatoms. The van der Waals surface area contributed by atoms with E-state index >= 15 is 0 Å². The number of nitrogens with one attached hydrogen (secondary N) is 1. The number of esters is 1. The second-order valence-corrected chi connectivity index (χ2v) is 18.6. The maximum absolute atomic E-state index is 13.2. The molecule has 0 saturated carbocycles. The van der Waals surface area contributed by atoms with Crippen LogP contribution in [-0.4, -0.2) is 46.9 Å². The van der Waals surface area contributed by atoms with Gasteiger partial charge in [0.1, 0.15) is 6.10 Å². The fraction of sp³-hybridized carbons (Fsp3) is 0.857. The minimum absolute atomic E-state index is 0.0662. The number of rotatable bonds is 49. The number of hydrogen-bond donors (Lipinski definition) is 3. The van der Waals surface area contributed by atoms with Crippen molar-refractivity contribution >= 4 is 11.9 Å². The lowest BCUT2D eigenvalue weighted by atomic mass is 10.0. The number of hydrogen-bond acceptors (Lipinski definition) is 5. The standard InChI is InChI=1S/C56H105NO5/c1-4-7-10-13-16-19-21-23-25-27-29-31-33-36-38-41-44-47-52(62-56(61)49-46-43-40-35-18-15-12-9-6-3)50-55(60)57-53(51-58)54(59)48-45-42-39-37-34-32-30-28-26-24-22-20-17-14-11-8-5-2/h16,19,23,25,29,31,52-54,58-59H,4-15,17-18,20-22,24,26-28,30,32-51H2,1-3H3,(H,57,60)/b19-16-,25-23-,31-29-. The zero-order valence-electron chi connectivity index (χ0n) is 41.5. The van der Waals surface area contributed by atoms with Crippen LogP contribution in [0.2, 0.25) is 0 Å². The number of carbonyl (C=O) groups excluding carboxylic acids is 2. The van der Waals surface area contributed by atoms with Gasteiger partial charge >= 0.3 is 5.97 Å². The number of unbranched alkanes of at least 4 members (excludes halogenated alkanes) is 31. The molecule has 0 fully saturated rings. The van der Waals surface area contributed by atoms with E-state index in [2.05, 4.69) is 62.5 Å². The van der Waals surface area contributed by atoms with E-state index in [4.69, 9.17) is 4.74 Å². The lowest BCUT2D eigenvalue weighted by Crippen LogP contribution is -2.46. The Morgan fingerprint density at radius 1 is 0.468 bits per heavy atom. The molecule has 0 saturated heterocycles. The summed E-state index contributed by atoms with van der Waals surface area (Å²) in [6, 6.07) is -0.706. The van der Waals surface area contributed by atoms with E-state index in [-0.39, 0.29) is 24.9 Å². The first kappa shape index (κ1) is 60.1. The third-order valence-corrected chi connectivity index (χ3v) is 12.5. The van der Waals surface area contributed by atoms with Crippen LogP contribution in [-0.2, 0) is 14.3 Å². The Kier molecular flexibility index (Phi) is 48.5. The third kappa shape index (κ3) is 44.7. The second-order valence-electron chi connectivity index (χ2n) is 18.6. The first-order chi connectivity index (χ1) is 30.5. The summed E-state index contributed by atoms with van der Waals surface area (Å²) in [5.41, 5.74) is 0. The first-order valence-electron chi connectivity index (χ1n) is 27.2. The van der Waals surface area contributed by atoms with Crippen molar-refractivity contribution in [3.63, 3.8) is 0 Å². The SMILES string of the molecule is CCCCC/C=C\C/C=C\C/C=C\CCCCCCC(CC(=O)NC(CO)C(O)CCCCCCCCCCCCCCCCCCC)OC(=O)CCCCCCCCCCC. The van der Waals surface area contributed by atoms with Crippen molar-refractivity contribution in [1.29, 1.82) is 0 Å². The second kappa shape index (κ2) is 50.1. The Balaban J connectivity index is 4.50. The monoisotopic (exact) mass is 872 g/mol. The smallest absolute Gasteiger partial charge is 0.306 e. The van der Waals surface area contributed by atoms with Gasteiger partial charge in [0.2, 0.25) is 5.91 Å².